The topological polar surface area (TPSA) is 26.3 Å². The standard InChI is InChI=1S/C13H15Cl2FO2/c1-3-8-5-9(10(14)7-12(8)16)6-11(15)13(17)18-4-2/h5,7,11H,3-4,6H2,1-2H3. The summed E-state index contributed by atoms with van der Waals surface area (Å²) in [5.74, 6) is -0.828. The summed E-state index contributed by atoms with van der Waals surface area (Å²) in [5.41, 5.74) is 1.21. The maximum absolute atomic E-state index is 13.4. The summed E-state index contributed by atoms with van der Waals surface area (Å²) < 4.78 is 18.2. The SMILES string of the molecule is CCOC(=O)C(Cl)Cc1cc(CC)c(F)cc1Cl. The van der Waals surface area contributed by atoms with Crippen molar-refractivity contribution in [1.82, 2.24) is 0 Å². The van der Waals surface area contributed by atoms with E-state index in [0.29, 0.717) is 17.5 Å². The predicted molar refractivity (Wildman–Crippen MR) is 70.8 cm³/mol. The minimum absolute atomic E-state index is 0.229. The van der Waals surface area contributed by atoms with Crippen LogP contribution in [-0.4, -0.2) is 18.0 Å². The summed E-state index contributed by atoms with van der Waals surface area (Å²) in [7, 11) is 0. The molecule has 1 aromatic rings. The molecule has 100 valence electrons. The first kappa shape index (κ1) is 15.3. The molecule has 0 aliphatic heterocycles. The molecule has 1 atom stereocenters. The molecule has 5 heteroatoms. The van der Waals surface area contributed by atoms with E-state index in [1.165, 1.54) is 6.07 Å². The second kappa shape index (κ2) is 6.95. The molecule has 0 bridgehead atoms. The second-order valence-corrected chi connectivity index (χ2v) is 4.75. The molecule has 0 radical (unpaired) electrons. The molecule has 0 heterocycles. The van der Waals surface area contributed by atoms with E-state index in [-0.39, 0.29) is 23.9 Å². The lowest BCUT2D eigenvalue weighted by molar-refractivity contribution is -0.142. The number of hydrogen-bond donors (Lipinski definition) is 0. The number of ether oxygens (including phenoxy) is 1. The van der Waals surface area contributed by atoms with Gasteiger partial charge in [-0.2, -0.15) is 0 Å². The van der Waals surface area contributed by atoms with Crippen molar-refractivity contribution in [3.8, 4) is 0 Å². The van der Waals surface area contributed by atoms with Crippen molar-refractivity contribution < 1.29 is 13.9 Å². The van der Waals surface area contributed by atoms with Gasteiger partial charge in [0.25, 0.3) is 0 Å². The van der Waals surface area contributed by atoms with E-state index in [1.807, 2.05) is 6.92 Å². The van der Waals surface area contributed by atoms with Gasteiger partial charge < -0.3 is 4.74 Å². The van der Waals surface area contributed by atoms with Crippen molar-refractivity contribution in [2.75, 3.05) is 6.61 Å². The van der Waals surface area contributed by atoms with Crippen LogP contribution >= 0.6 is 23.2 Å². The van der Waals surface area contributed by atoms with Crippen LogP contribution in [0.5, 0.6) is 0 Å². The Morgan fingerprint density at radius 3 is 2.61 bits per heavy atom. The lowest BCUT2D eigenvalue weighted by Crippen LogP contribution is -2.20. The molecule has 0 aliphatic carbocycles. The number of esters is 1. The van der Waals surface area contributed by atoms with Gasteiger partial charge in [-0.1, -0.05) is 24.6 Å². The van der Waals surface area contributed by atoms with Crippen molar-refractivity contribution >= 4 is 29.2 Å². The largest absolute Gasteiger partial charge is 0.465 e. The van der Waals surface area contributed by atoms with Crippen LogP contribution in [0.15, 0.2) is 12.1 Å². The van der Waals surface area contributed by atoms with E-state index < -0.39 is 11.3 Å². The highest BCUT2D eigenvalue weighted by Gasteiger charge is 2.19. The highest BCUT2D eigenvalue weighted by atomic mass is 35.5. The number of benzene rings is 1. The van der Waals surface area contributed by atoms with Gasteiger partial charge in [0, 0.05) is 11.4 Å². The van der Waals surface area contributed by atoms with Gasteiger partial charge in [0.2, 0.25) is 0 Å². The highest BCUT2D eigenvalue weighted by molar-refractivity contribution is 6.32. The quantitative estimate of drug-likeness (QED) is 0.610. The average molecular weight is 293 g/mol. The van der Waals surface area contributed by atoms with E-state index in [4.69, 9.17) is 27.9 Å². The summed E-state index contributed by atoms with van der Waals surface area (Å²) in [6.07, 6.45) is 0.787. The third-order valence-corrected chi connectivity index (χ3v) is 3.22. The molecule has 0 saturated carbocycles. The zero-order chi connectivity index (χ0) is 13.7. The first-order valence-electron chi connectivity index (χ1n) is 5.77. The van der Waals surface area contributed by atoms with E-state index >= 15 is 0 Å². The fourth-order valence-electron chi connectivity index (χ4n) is 1.58. The normalized spacial score (nSPS) is 12.3. The van der Waals surface area contributed by atoms with Crippen LogP contribution in [0.25, 0.3) is 0 Å². The summed E-state index contributed by atoms with van der Waals surface area (Å²) in [4.78, 5) is 11.4. The summed E-state index contributed by atoms with van der Waals surface area (Å²) in [6.45, 7) is 3.83. The van der Waals surface area contributed by atoms with Crippen molar-refractivity contribution in [3.05, 3.63) is 34.1 Å². The number of carbonyl (C=O) groups excluding carboxylic acids is 1. The van der Waals surface area contributed by atoms with Crippen LogP contribution in [0, 0.1) is 5.82 Å². The van der Waals surface area contributed by atoms with Crippen LogP contribution in [0.2, 0.25) is 5.02 Å². The molecular weight excluding hydrogens is 278 g/mol. The molecule has 0 fully saturated rings. The minimum atomic E-state index is -0.808. The Balaban J connectivity index is 2.87. The first-order chi connectivity index (χ1) is 8.49. The zero-order valence-electron chi connectivity index (χ0n) is 10.3. The van der Waals surface area contributed by atoms with Gasteiger partial charge in [0.1, 0.15) is 11.2 Å². The average Bonchev–Trinajstić information content (AvgIpc) is 2.32. The monoisotopic (exact) mass is 292 g/mol. The molecule has 0 saturated heterocycles. The van der Waals surface area contributed by atoms with Crippen LogP contribution in [0.4, 0.5) is 4.39 Å². The molecule has 0 amide bonds. The third-order valence-electron chi connectivity index (χ3n) is 2.54. The number of hydrogen-bond acceptors (Lipinski definition) is 2. The Kier molecular flexibility index (Phi) is 5.89. The molecule has 0 aliphatic rings. The van der Waals surface area contributed by atoms with Crippen LogP contribution in [0.3, 0.4) is 0 Å². The van der Waals surface area contributed by atoms with Gasteiger partial charge in [-0.05, 0) is 30.5 Å². The van der Waals surface area contributed by atoms with Crippen molar-refractivity contribution in [3.63, 3.8) is 0 Å². The van der Waals surface area contributed by atoms with E-state index in [0.717, 1.165) is 0 Å². The molecule has 1 rings (SSSR count). The third kappa shape index (κ3) is 3.85. The molecule has 18 heavy (non-hydrogen) atoms. The van der Waals surface area contributed by atoms with Crippen LogP contribution in [-0.2, 0) is 22.4 Å². The Labute approximate surface area is 116 Å². The van der Waals surface area contributed by atoms with Gasteiger partial charge in [-0.3, -0.25) is 4.79 Å². The lowest BCUT2D eigenvalue weighted by atomic mass is 10.0. The van der Waals surface area contributed by atoms with Crippen molar-refractivity contribution in [1.29, 1.82) is 0 Å². The first-order valence-corrected chi connectivity index (χ1v) is 6.58. The predicted octanol–water partition coefficient (Wildman–Crippen LogP) is 3.75. The highest BCUT2D eigenvalue weighted by Crippen LogP contribution is 2.24. The lowest BCUT2D eigenvalue weighted by Gasteiger charge is -2.11. The van der Waals surface area contributed by atoms with E-state index in [2.05, 4.69) is 0 Å². The maximum Gasteiger partial charge on any atom is 0.324 e. The maximum atomic E-state index is 13.4. The van der Waals surface area contributed by atoms with E-state index in [9.17, 15) is 9.18 Å². The Bertz CT molecular complexity index is 435. The Morgan fingerprint density at radius 2 is 2.06 bits per heavy atom. The summed E-state index contributed by atoms with van der Waals surface area (Å²) in [5, 5.41) is -0.530. The second-order valence-electron chi connectivity index (χ2n) is 3.81. The number of aryl methyl sites for hydroxylation is 1. The molecule has 1 unspecified atom stereocenters. The Hall–Kier alpha value is -0.800. The van der Waals surface area contributed by atoms with Crippen molar-refractivity contribution in [2.45, 2.75) is 32.1 Å². The smallest absolute Gasteiger partial charge is 0.324 e. The zero-order valence-corrected chi connectivity index (χ0v) is 11.8. The Morgan fingerprint density at radius 1 is 1.39 bits per heavy atom. The fraction of sp³-hybridized carbons (Fsp3) is 0.462. The molecule has 0 N–H and O–H groups in total. The number of halogens is 3. The molecule has 2 nitrogen and oxygen atoms in total. The number of alkyl halides is 1. The van der Waals surface area contributed by atoms with Gasteiger partial charge in [-0.15, -0.1) is 11.6 Å². The number of rotatable bonds is 5. The van der Waals surface area contributed by atoms with Crippen LogP contribution < -0.4 is 0 Å². The fourth-order valence-corrected chi connectivity index (χ4v) is 2.04. The van der Waals surface area contributed by atoms with Crippen molar-refractivity contribution in [2.24, 2.45) is 0 Å². The molecule has 0 spiro atoms. The summed E-state index contributed by atoms with van der Waals surface area (Å²) >= 11 is 11.9. The molecule has 0 aromatic heterocycles. The molecule has 1 aromatic carbocycles. The van der Waals surface area contributed by atoms with Gasteiger partial charge in [-0.25, -0.2) is 4.39 Å². The van der Waals surface area contributed by atoms with Gasteiger partial charge in [0.15, 0.2) is 0 Å². The van der Waals surface area contributed by atoms with Crippen LogP contribution in [0.1, 0.15) is 25.0 Å². The van der Waals surface area contributed by atoms with E-state index in [1.54, 1.807) is 13.0 Å². The van der Waals surface area contributed by atoms with Gasteiger partial charge in [0.05, 0.1) is 6.61 Å². The summed E-state index contributed by atoms with van der Waals surface area (Å²) in [6, 6.07) is 2.90. The minimum Gasteiger partial charge on any atom is -0.465 e. The number of carbonyl (C=O) groups is 1. The van der Waals surface area contributed by atoms with Gasteiger partial charge >= 0.3 is 5.97 Å². The molecular formula is C13H15Cl2FO2.